The summed E-state index contributed by atoms with van der Waals surface area (Å²) in [6.45, 7) is 3.71. The van der Waals surface area contributed by atoms with Gasteiger partial charge in [-0.25, -0.2) is 9.50 Å². The summed E-state index contributed by atoms with van der Waals surface area (Å²) in [6, 6.07) is 5.69. The molecule has 1 aromatic carbocycles. The monoisotopic (exact) mass is 435 g/mol. The van der Waals surface area contributed by atoms with Gasteiger partial charge in [-0.05, 0) is 36.8 Å². The van der Waals surface area contributed by atoms with Crippen molar-refractivity contribution in [2.45, 2.75) is 18.9 Å². The number of hydrogen-bond donors (Lipinski definition) is 3. The molecule has 2 fully saturated rings. The molecule has 3 aliphatic rings. The Morgan fingerprint density at radius 3 is 2.88 bits per heavy atom. The van der Waals surface area contributed by atoms with Gasteiger partial charge in [0.15, 0.2) is 5.65 Å². The maximum absolute atomic E-state index is 13.2. The van der Waals surface area contributed by atoms with Crippen LogP contribution < -0.4 is 15.0 Å². The van der Waals surface area contributed by atoms with E-state index in [1.165, 1.54) is 6.20 Å². The Morgan fingerprint density at radius 2 is 2.12 bits per heavy atom. The van der Waals surface area contributed by atoms with Gasteiger partial charge in [-0.3, -0.25) is 4.79 Å². The predicted molar refractivity (Wildman–Crippen MR) is 117 cm³/mol. The lowest BCUT2D eigenvalue weighted by molar-refractivity contribution is 0.0447. The van der Waals surface area contributed by atoms with E-state index >= 15 is 0 Å². The topological polar surface area (TPSA) is 112 Å². The fourth-order valence-electron chi connectivity index (χ4n) is 5.30. The molecule has 4 heterocycles. The van der Waals surface area contributed by atoms with Gasteiger partial charge in [0.05, 0.1) is 24.2 Å². The number of anilines is 2. The quantitative estimate of drug-likeness (QED) is 0.554. The zero-order chi connectivity index (χ0) is 22.0. The Balaban J connectivity index is 1.34. The smallest absolute Gasteiger partial charge is 0.261 e. The second-order valence-corrected chi connectivity index (χ2v) is 9.34. The van der Waals surface area contributed by atoms with E-state index in [1.807, 2.05) is 19.1 Å². The molecule has 3 unspecified atom stereocenters. The van der Waals surface area contributed by atoms with E-state index in [4.69, 9.17) is 4.74 Å². The number of ether oxygens (including phenoxy) is 1. The molecule has 2 aromatic heterocycles. The van der Waals surface area contributed by atoms with E-state index in [1.54, 1.807) is 23.0 Å². The van der Waals surface area contributed by atoms with E-state index in [-0.39, 0.29) is 19.1 Å². The first kappa shape index (κ1) is 19.5. The Hall–Kier alpha value is -3.17. The van der Waals surface area contributed by atoms with E-state index in [0.717, 1.165) is 30.1 Å². The average Bonchev–Trinajstić information content (AvgIpc) is 3.16. The summed E-state index contributed by atoms with van der Waals surface area (Å²) in [5, 5.41) is 26.6. The van der Waals surface area contributed by atoms with E-state index in [9.17, 15) is 15.0 Å². The molecule has 3 atom stereocenters. The van der Waals surface area contributed by atoms with Crippen molar-refractivity contribution in [3.63, 3.8) is 0 Å². The van der Waals surface area contributed by atoms with E-state index in [0.29, 0.717) is 41.1 Å². The summed E-state index contributed by atoms with van der Waals surface area (Å²) >= 11 is 0. The van der Waals surface area contributed by atoms with Gasteiger partial charge in [0, 0.05) is 50.1 Å². The molecule has 9 nitrogen and oxygen atoms in total. The van der Waals surface area contributed by atoms with Gasteiger partial charge in [0.2, 0.25) is 0 Å². The largest absolute Gasteiger partial charge is 0.484 e. The summed E-state index contributed by atoms with van der Waals surface area (Å²) in [5.74, 6) is 1.83. The van der Waals surface area contributed by atoms with Crippen molar-refractivity contribution in [1.82, 2.24) is 14.6 Å². The van der Waals surface area contributed by atoms with E-state index in [2.05, 4.69) is 20.3 Å². The molecular formula is C23H25N5O4. The van der Waals surface area contributed by atoms with Crippen molar-refractivity contribution in [2.75, 3.05) is 36.5 Å². The molecule has 32 heavy (non-hydrogen) atoms. The van der Waals surface area contributed by atoms with Crippen LogP contribution in [0.4, 0.5) is 11.4 Å². The number of aliphatic hydroxyl groups is 2. The van der Waals surface area contributed by atoms with Crippen molar-refractivity contribution in [3.8, 4) is 5.75 Å². The molecular weight excluding hydrogens is 410 g/mol. The summed E-state index contributed by atoms with van der Waals surface area (Å²) < 4.78 is 7.63. The van der Waals surface area contributed by atoms with Crippen LogP contribution in [0.15, 0.2) is 36.8 Å². The molecule has 3 N–H and O–H groups in total. The Bertz CT molecular complexity index is 1210. The number of rotatable bonds is 5. The zero-order valence-electron chi connectivity index (χ0n) is 17.7. The first-order chi connectivity index (χ1) is 15.5. The highest BCUT2D eigenvalue weighted by molar-refractivity contribution is 6.09. The third-order valence-corrected chi connectivity index (χ3v) is 7.13. The fourth-order valence-corrected chi connectivity index (χ4v) is 5.30. The minimum atomic E-state index is -0.663. The maximum atomic E-state index is 13.2. The third kappa shape index (κ3) is 2.96. The molecule has 9 heteroatoms. The number of nitrogens with zero attached hydrogens (tertiary/aromatic N) is 4. The molecule has 0 bridgehead atoms. The van der Waals surface area contributed by atoms with Crippen molar-refractivity contribution >= 4 is 22.9 Å². The van der Waals surface area contributed by atoms with Crippen molar-refractivity contribution in [2.24, 2.45) is 17.8 Å². The number of aromatic nitrogens is 3. The highest BCUT2D eigenvalue weighted by Gasteiger charge is 2.55. The van der Waals surface area contributed by atoms with Gasteiger partial charge in [-0.15, -0.1) is 0 Å². The van der Waals surface area contributed by atoms with Crippen LogP contribution in [-0.4, -0.2) is 62.6 Å². The first-order valence-electron chi connectivity index (χ1n) is 10.9. The van der Waals surface area contributed by atoms with Gasteiger partial charge < -0.3 is 25.2 Å². The molecule has 1 aliphatic carbocycles. The van der Waals surface area contributed by atoms with Crippen LogP contribution in [0.1, 0.15) is 22.8 Å². The van der Waals surface area contributed by atoms with Crippen LogP contribution in [0.2, 0.25) is 0 Å². The number of piperidine rings is 1. The number of fused-ring (bicyclic) bond motifs is 3. The Labute approximate surface area is 184 Å². The molecule has 0 spiro atoms. The number of hydrogen-bond acceptors (Lipinski definition) is 7. The van der Waals surface area contributed by atoms with Gasteiger partial charge in [0.25, 0.3) is 5.91 Å². The second-order valence-electron chi connectivity index (χ2n) is 9.34. The highest BCUT2D eigenvalue weighted by atomic mass is 16.5. The Kier molecular flexibility index (Phi) is 4.22. The molecule has 2 aliphatic heterocycles. The number of benzene rings is 1. The molecule has 1 saturated heterocycles. The average molecular weight is 435 g/mol. The highest BCUT2D eigenvalue weighted by Crippen LogP contribution is 2.53. The number of nitrogens with one attached hydrogen (secondary N) is 1. The van der Waals surface area contributed by atoms with Crippen molar-refractivity contribution in [3.05, 3.63) is 47.9 Å². The minimum absolute atomic E-state index is 0.0845. The summed E-state index contributed by atoms with van der Waals surface area (Å²) in [7, 11) is 0. The molecule has 0 radical (unpaired) electrons. The first-order valence-corrected chi connectivity index (χ1v) is 10.9. The van der Waals surface area contributed by atoms with Crippen molar-refractivity contribution < 1.29 is 19.7 Å². The van der Waals surface area contributed by atoms with Crippen molar-refractivity contribution in [1.29, 1.82) is 0 Å². The minimum Gasteiger partial charge on any atom is -0.484 e. The summed E-state index contributed by atoms with van der Waals surface area (Å²) in [5.41, 5.74) is 2.79. The van der Waals surface area contributed by atoms with Crippen LogP contribution >= 0.6 is 0 Å². The fraction of sp³-hybridized carbons (Fsp3) is 0.435. The lowest BCUT2D eigenvalue weighted by atomic mass is 9.99. The number of amides is 1. The molecule has 166 valence electrons. The van der Waals surface area contributed by atoms with Crippen LogP contribution in [0.5, 0.6) is 5.75 Å². The second kappa shape index (κ2) is 6.91. The molecule has 1 saturated carbocycles. The van der Waals surface area contributed by atoms with Crippen LogP contribution in [0, 0.1) is 17.8 Å². The number of carbonyl (C=O) groups excluding carboxylic acids is 1. The lowest BCUT2D eigenvalue weighted by Crippen LogP contribution is -2.34. The van der Waals surface area contributed by atoms with Gasteiger partial charge >= 0.3 is 0 Å². The molecule has 6 rings (SSSR count). The van der Waals surface area contributed by atoms with Gasteiger partial charge in [0.1, 0.15) is 16.9 Å². The third-order valence-electron chi connectivity index (χ3n) is 7.13. The lowest BCUT2D eigenvalue weighted by Gasteiger charge is -2.25. The number of aliphatic hydroxyl groups excluding tert-OH is 2. The number of carbonyl (C=O) groups is 1. The SMILES string of the molecule is CC1(CO)Cc2cc(NC(=O)c3cnn4cccnc34)c(N3CC4C(CO)C4C3)cc2O1. The normalized spacial score (nSPS) is 27.8. The van der Waals surface area contributed by atoms with Crippen LogP contribution in [0.25, 0.3) is 5.65 Å². The standard InChI is InChI=1S/C23H25N5O4/c1-23(12-30)7-13-5-18(26-22(31)14-8-25-28-4-2-3-24-21(14)28)19(6-20(13)32-23)27-9-15-16(10-27)17(15)11-29/h2-6,8,15-17,29-30H,7,9-12H2,1H3,(H,26,31). The summed E-state index contributed by atoms with van der Waals surface area (Å²) in [4.78, 5) is 19.7. The molecule has 1 amide bonds. The van der Waals surface area contributed by atoms with Crippen LogP contribution in [-0.2, 0) is 6.42 Å². The maximum Gasteiger partial charge on any atom is 0.261 e. The molecule has 3 aromatic rings. The van der Waals surface area contributed by atoms with Gasteiger partial charge in [-0.1, -0.05) is 0 Å². The van der Waals surface area contributed by atoms with Crippen LogP contribution in [0.3, 0.4) is 0 Å². The zero-order valence-corrected chi connectivity index (χ0v) is 17.7. The van der Waals surface area contributed by atoms with Gasteiger partial charge in [-0.2, -0.15) is 5.10 Å². The van der Waals surface area contributed by atoms with E-state index < -0.39 is 5.60 Å². The predicted octanol–water partition coefficient (Wildman–Crippen LogP) is 1.34. The Morgan fingerprint density at radius 1 is 1.31 bits per heavy atom. The summed E-state index contributed by atoms with van der Waals surface area (Å²) in [6.07, 6.45) is 5.47.